The molecule has 134 valence electrons. The molecule has 0 saturated heterocycles. The molecule has 1 N–H and O–H groups in total. The van der Waals surface area contributed by atoms with E-state index < -0.39 is 5.60 Å². The van der Waals surface area contributed by atoms with Gasteiger partial charge in [-0.25, -0.2) is 0 Å². The first-order valence-electron chi connectivity index (χ1n) is 9.05. The van der Waals surface area contributed by atoms with E-state index in [4.69, 9.17) is 9.47 Å². The average molecular weight is 333 g/mol. The molecule has 1 aromatic rings. The zero-order valence-electron chi connectivity index (χ0n) is 15.9. The van der Waals surface area contributed by atoms with Crippen molar-refractivity contribution in [1.82, 2.24) is 0 Å². The molecule has 4 heteroatoms. The lowest BCUT2D eigenvalue weighted by atomic mass is 9.98. The van der Waals surface area contributed by atoms with Gasteiger partial charge in [-0.2, -0.15) is 0 Å². The molecule has 1 amide bonds. The second-order valence-corrected chi connectivity index (χ2v) is 7.04. The van der Waals surface area contributed by atoms with Gasteiger partial charge in [-0.1, -0.05) is 6.92 Å². The van der Waals surface area contributed by atoms with Crippen LogP contribution in [0.15, 0.2) is 12.1 Å². The largest absolute Gasteiger partial charge is 0.490 e. The van der Waals surface area contributed by atoms with Gasteiger partial charge in [0.05, 0.1) is 6.10 Å². The van der Waals surface area contributed by atoms with E-state index in [2.05, 4.69) is 19.2 Å². The Hall–Kier alpha value is -1.55. The summed E-state index contributed by atoms with van der Waals surface area (Å²) < 4.78 is 11.8. The average Bonchev–Trinajstić information content (AvgIpc) is 3.35. The Balaban J connectivity index is 2.16. The van der Waals surface area contributed by atoms with Crippen LogP contribution in [0.1, 0.15) is 58.1 Å². The van der Waals surface area contributed by atoms with Gasteiger partial charge in [0.1, 0.15) is 11.4 Å². The van der Waals surface area contributed by atoms with Crippen molar-refractivity contribution >= 4 is 11.6 Å². The summed E-state index contributed by atoms with van der Waals surface area (Å²) >= 11 is 0. The number of hydrogen-bond donors (Lipinski definition) is 1. The standard InChI is InChI=1S/C20H31NO3/c1-7-15(5)24-18-13(3)11-17(12-14(18)4)21-19(22)20(6,23-8-2)16-9-10-16/h11-12,15-16H,7-10H2,1-6H3,(H,21,22)/t15-,20+/m1/s1. The lowest BCUT2D eigenvalue weighted by Crippen LogP contribution is -2.44. The molecule has 4 nitrogen and oxygen atoms in total. The number of carbonyl (C=O) groups excluding carboxylic acids is 1. The zero-order valence-corrected chi connectivity index (χ0v) is 15.9. The zero-order chi connectivity index (χ0) is 17.9. The van der Waals surface area contributed by atoms with E-state index >= 15 is 0 Å². The maximum absolute atomic E-state index is 12.8. The van der Waals surface area contributed by atoms with Gasteiger partial charge < -0.3 is 14.8 Å². The van der Waals surface area contributed by atoms with Crippen LogP contribution in [0.3, 0.4) is 0 Å². The van der Waals surface area contributed by atoms with Crippen molar-refractivity contribution in [3.63, 3.8) is 0 Å². The van der Waals surface area contributed by atoms with Crippen LogP contribution in [0.2, 0.25) is 0 Å². The fourth-order valence-corrected chi connectivity index (χ4v) is 3.05. The Morgan fingerprint density at radius 3 is 2.33 bits per heavy atom. The van der Waals surface area contributed by atoms with Gasteiger partial charge in [0, 0.05) is 12.3 Å². The highest BCUT2D eigenvalue weighted by molar-refractivity contribution is 5.97. The molecule has 0 bridgehead atoms. The van der Waals surface area contributed by atoms with E-state index in [1.165, 1.54) is 0 Å². The summed E-state index contributed by atoms with van der Waals surface area (Å²) in [6.07, 6.45) is 3.26. The van der Waals surface area contributed by atoms with E-state index in [1.54, 1.807) is 0 Å². The summed E-state index contributed by atoms with van der Waals surface area (Å²) in [6, 6.07) is 3.95. The normalized spacial score (nSPS) is 17.9. The fourth-order valence-electron chi connectivity index (χ4n) is 3.05. The number of benzene rings is 1. The highest BCUT2D eigenvalue weighted by Crippen LogP contribution is 2.42. The maximum atomic E-state index is 12.8. The van der Waals surface area contributed by atoms with Crippen LogP contribution in [0.5, 0.6) is 5.75 Å². The molecule has 24 heavy (non-hydrogen) atoms. The van der Waals surface area contributed by atoms with E-state index in [0.29, 0.717) is 12.5 Å². The van der Waals surface area contributed by atoms with Gasteiger partial charge in [-0.15, -0.1) is 0 Å². The summed E-state index contributed by atoms with van der Waals surface area (Å²) in [5, 5.41) is 3.05. The number of aryl methyl sites for hydroxylation is 2. The van der Waals surface area contributed by atoms with Gasteiger partial charge in [0.2, 0.25) is 0 Å². The fraction of sp³-hybridized carbons (Fsp3) is 0.650. The van der Waals surface area contributed by atoms with Crippen molar-refractivity contribution in [2.45, 2.75) is 72.5 Å². The predicted molar refractivity (Wildman–Crippen MR) is 97.7 cm³/mol. The second-order valence-electron chi connectivity index (χ2n) is 7.04. The van der Waals surface area contributed by atoms with Crippen molar-refractivity contribution in [1.29, 1.82) is 0 Å². The van der Waals surface area contributed by atoms with Gasteiger partial charge >= 0.3 is 0 Å². The first-order chi connectivity index (χ1) is 11.3. The van der Waals surface area contributed by atoms with E-state index in [0.717, 1.165) is 41.8 Å². The number of rotatable bonds is 8. The molecule has 0 heterocycles. The van der Waals surface area contributed by atoms with Gasteiger partial charge in [-0.05, 0) is 83.1 Å². The first-order valence-corrected chi connectivity index (χ1v) is 9.05. The molecule has 0 aliphatic heterocycles. The smallest absolute Gasteiger partial charge is 0.256 e. The Labute approximate surface area is 145 Å². The summed E-state index contributed by atoms with van der Waals surface area (Å²) in [5.74, 6) is 1.19. The van der Waals surface area contributed by atoms with Crippen molar-refractivity contribution in [3.8, 4) is 5.75 Å². The van der Waals surface area contributed by atoms with E-state index in [9.17, 15) is 4.79 Å². The quantitative estimate of drug-likeness (QED) is 0.755. The molecule has 2 rings (SSSR count). The van der Waals surface area contributed by atoms with Gasteiger partial charge in [0.25, 0.3) is 5.91 Å². The molecule has 2 atom stereocenters. The third-order valence-corrected chi connectivity index (χ3v) is 4.86. The Morgan fingerprint density at radius 2 is 1.88 bits per heavy atom. The molecule has 0 unspecified atom stereocenters. The molecule has 1 saturated carbocycles. The molecule has 0 radical (unpaired) electrons. The third kappa shape index (κ3) is 4.10. The Kier molecular flexibility index (Phi) is 5.92. The summed E-state index contributed by atoms with van der Waals surface area (Å²) in [7, 11) is 0. The molecule has 1 fully saturated rings. The highest BCUT2D eigenvalue weighted by atomic mass is 16.5. The molecule has 1 aromatic carbocycles. The summed E-state index contributed by atoms with van der Waals surface area (Å²) in [4.78, 5) is 12.8. The van der Waals surface area contributed by atoms with Gasteiger partial charge in [0.15, 0.2) is 0 Å². The number of amides is 1. The molecule has 0 aromatic heterocycles. The minimum atomic E-state index is -0.734. The molecular weight excluding hydrogens is 302 g/mol. The number of nitrogens with one attached hydrogen (secondary N) is 1. The van der Waals surface area contributed by atoms with Crippen LogP contribution in [-0.4, -0.2) is 24.2 Å². The predicted octanol–water partition coefficient (Wildman–Crippen LogP) is 4.62. The molecule has 0 spiro atoms. The topological polar surface area (TPSA) is 47.6 Å². The van der Waals surface area contributed by atoms with Crippen molar-refractivity contribution < 1.29 is 14.3 Å². The van der Waals surface area contributed by atoms with Crippen LogP contribution < -0.4 is 10.1 Å². The van der Waals surface area contributed by atoms with Crippen LogP contribution >= 0.6 is 0 Å². The van der Waals surface area contributed by atoms with Crippen LogP contribution in [0.4, 0.5) is 5.69 Å². The highest BCUT2D eigenvalue weighted by Gasteiger charge is 2.48. The van der Waals surface area contributed by atoms with Crippen molar-refractivity contribution in [2.75, 3.05) is 11.9 Å². The number of anilines is 1. The third-order valence-electron chi connectivity index (χ3n) is 4.86. The minimum Gasteiger partial charge on any atom is -0.490 e. The number of carbonyl (C=O) groups is 1. The van der Waals surface area contributed by atoms with Crippen LogP contribution in [0, 0.1) is 19.8 Å². The van der Waals surface area contributed by atoms with E-state index in [-0.39, 0.29) is 12.0 Å². The Bertz CT molecular complexity index is 572. The molecule has 1 aliphatic rings. The van der Waals surface area contributed by atoms with Crippen molar-refractivity contribution in [3.05, 3.63) is 23.3 Å². The maximum Gasteiger partial charge on any atom is 0.256 e. The number of hydrogen-bond acceptors (Lipinski definition) is 3. The van der Waals surface area contributed by atoms with Crippen LogP contribution in [0.25, 0.3) is 0 Å². The van der Waals surface area contributed by atoms with Crippen molar-refractivity contribution in [2.24, 2.45) is 5.92 Å². The van der Waals surface area contributed by atoms with Gasteiger partial charge in [-0.3, -0.25) is 4.79 Å². The first kappa shape index (κ1) is 18.8. The minimum absolute atomic E-state index is 0.0544. The number of ether oxygens (including phenoxy) is 2. The summed E-state index contributed by atoms with van der Waals surface area (Å²) in [6.45, 7) is 12.6. The Morgan fingerprint density at radius 1 is 1.29 bits per heavy atom. The molecule has 1 aliphatic carbocycles. The van der Waals surface area contributed by atoms with Crippen LogP contribution in [-0.2, 0) is 9.53 Å². The SMILES string of the molecule is CCO[C@](C)(C(=O)Nc1cc(C)c(O[C@H](C)CC)c(C)c1)C1CC1. The second kappa shape index (κ2) is 7.56. The summed E-state index contributed by atoms with van der Waals surface area (Å²) in [5.41, 5.74) is 2.14. The molecular formula is C20H31NO3. The lowest BCUT2D eigenvalue weighted by Gasteiger charge is -2.28. The lowest BCUT2D eigenvalue weighted by molar-refractivity contribution is -0.141. The monoisotopic (exact) mass is 333 g/mol. The van der Waals surface area contributed by atoms with E-state index in [1.807, 2.05) is 39.8 Å².